The largest absolute Gasteiger partial charge is 0.469 e. The van der Waals surface area contributed by atoms with E-state index in [2.05, 4.69) is 15.5 Å². The molecule has 8 heteroatoms. The summed E-state index contributed by atoms with van der Waals surface area (Å²) in [7, 11) is 0. The second-order valence-electron chi connectivity index (χ2n) is 6.72. The van der Waals surface area contributed by atoms with E-state index in [9.17, 15) is 9.59 Å². The molecule has 140 valence electrons. The topological polar surface area (TPSA) is 92.7 Å². The van der Waals surface area contributed by atoms with Gasteiger partial charge in [-0.1, -0.05) is 6.07 Å². The molecule has 4 rings (SSSR count). The Kier molecular flexibility index (Phi) is 4.62. The summed E-state index contributed by atoms with van der Waals surface area (Å²) in [5.41, 5.74) is 1.29. The molecule has 3 aromatic rings. The van der Waals surface area contributed by atoms with Crippen molar-refractivity contribution in [3.63, 3.8) is 0 Å². The van der Waals surface area contributed by atoms with Crippen LogP contribution in [0.15, 0.2) is 41.1 Å². The monoisotopic (exact) mass is 367 g/mol. The molecule has 0 saturated carbocycles. The van der Waals surface area contributed by atoms with Gasteiger partial charge in [0.1, 0.15) is 11.6 Å². The summed E-state index contributed by atoms with van der Waals surface area (Å²) >= 11 is 0. The second kappa shape index (κ2) is 7.22. The molecule has 1 saturated heterocycles. The molecular weight excluding hydrogens is 346 g/mol. The lowest BCUT2D eigenvalue weighted by Crippen LogP contribution is -2.44. The number of carbonyl (C=O) groups is 2. The molecule has 4 heterocycles. The molecule has 8 nitrogen and oxygen atoms in total. The summed E-state index contributed by atoms with van der Waals surface area (Å²) in [4.78, 5) is 26.3. The average Bonchev–Trinajstić information content (AvgIpc) is 3.32. The van der Waals surface area contributed by atoms with Crippen molar-refractivity contribution in [1.82, 2.24) is 24.8 Å². The van der Waals surface area contributed by atoms with Gasteiger partial charge in [-0.2, -0.15) is 0 Å². The number of furan rings is 1. The molecule has 1 fully saturated rings. The fourth-order valence-corrected chi connectivity index (χ4v) is 3.51. The smallest absolute Gasteiger partial charge is 0.255 e. The van der Waals surface area contributed by atoms with Gasteiger partial charge in [0.05, 0.1) is 18.4 Å². The van der Waals surface area contributed by atoms with Crippen molar-refractivity contribution in [1.29, 1.82) is 0 Å². The predicted octanol–water partition coefficient (Wildman–Crippen LogP) is 1.77. The number of rotatable bonds is 4. The first kappa shape index (κ1) is 17.3. The summed E-state index contributed by atoms with van der Waals surface area (Å²) in [6.45, 7) is 3.00. The Bertz CT molecular complexity index is 969. The van der Waals surface area contributed by atoms with Crippen molar-refractivity contribution in [2.45, 2.75) is 25.7 Å². The van der Waals surface area contributed by atoms with Crippen LogP contribution in [0.4, 0.5) is 0 Å². The first-order valence-corrected chi connectivity index (χ1v) is 9.03. The Morgan fingerprint density at radius 1 is 1.22 bits per heavy atom. The van der Waals surface area contributed by atoms with Gasteiger partial charge < -0.3 is 14.6 Å². The fourth-order valence-electron chi connectivity index (χ4n) is 3.51. The molecule has 0 spiro atoms. The van der Waals surface area contributed by atoms with Crippen LogP contribution in [0, 0.1) is 6.92 Å². The summed E-state index contributed by atoms with van der Waals surface area (Å²) in [6.07, 6.45) is 5.09. The summed E-state index contributed by atoms with van der Waals surface area (Å²) in [5.74, 6) is 1.39. The van der Waals surface area contributed by atoms with Gasteiger partial charge in [-0.3, -0.25) is 14.0 Å². The first-order valence-electron chi connectivity index (χ1n) is 9.03. The molecule has 1 aliphatic heterocycles. The van der Waals surface area contributed by atoms with Gasteiger partial charge in [0.15, 0.2) is 5.65 Å². The molecule has 0 radical (unpaired) electrons. The fraction of sp³-hybridized carbons (Fsp3) is 0.368. The van der Waals surface area contributed by atoms with Crippen molar-refractivity contribution in [3.8, 4) is 0 Å². The number of pyridine rings is 1. The number of hydrogen-bond donors (Lipinski definition) is 1. The summed E-state index contributed by atoms with van der Waals surface area (Å²) in [6, 6.07) is 7.43. The van der Waals surface area contributed by atoms with Crippen LogP contribution in [0.25, 0.3) is 5.65 Å². The van der Waals surface area contributed by atoms with Crippen LogP contribution < -0.4 is 5.32 Å². The first-order chi connectivity index (χ1) is 13.1. The standard InChI is InChI=1S/C19H21N5O3/c1-13-15(7-11-27-13)19(26)20-12-17(25)23-9-5-14(6-10-23)18-22-21-16-4-2-3-8-24(16)18/h2-4,7-8,11,14H,5-6,9-10,12H2,1H3,(H,20,26). The lowest BCUT2D eigenvalue weighted by Gasteiger charge is -2.31. The molecule has 0 aliphatic carbocycles. The normalized spacial score (nSPS) is 15.2. The molecule has 0 aromatic carbocycles. The van der Waals surface area contributed by atoms with Gasteiger partial charge in [0.2, 0.25) is 5.91 Å². The molecule has 0 atom stereocenters. The number of aromatic nitrogens is 3. The zero-order chi connectivity index (χ0) is 18.8. The van der Waals surface area contributed by atoms with Gasteiger partial charge in [0.25, 0.3) is 5.91 Å². The Labute approximate surface area is 156 Å². The Morgan fingerprint density at radius 3 is 2.78 bits per heavy atom. The number of carbonyl (C=O) groups excluding carboxylic acids is 2. The molecule has 3 aromatic heterocycles. The average molecular weight is 367 g/mol. The van der Waals surface area contributed by atoms with Gasteiger partial charge in [-0.15, -0.1) is 10.2 Å². The number of likely N-dealkylation sites (tertiary alicyclic amines) is 1. The maximum absolute atomic E-state index is 12.4. The van der Waals surface area contributed by atoms with Gasteiger partial charge in [0, 0.05) is 25.2 Å². The quantitative estimate of drug-likeness (QED) is 0.759. The number of amides is 2. The van der Waals surface area contributed by atoms with Crippen molar-refractivity contribution >= 4 is 17.5 Å². The third kappa shape index (κ3) is 3.42. The van der Waals surface area contributed by atoms with Crippen LogP contribution >= 0.6 is 0 Å². The predicted molar refractivity (Wildman–Crippen MR) is 97.3 cm³/mol. The minimum Gasteiger partial charge on any atom is -0.469 e. The van der Waals surface area contributed by atoms with Crippen LogP contribution in [0.3, 0.4) is 0 Å². The second-order valence-corrected chi connectivity index (χ2v) is 6.72. The maximum Gasteiger partial charge on any atom is 0.255 e. The molecule has 27 heavy (non-hydrogen) atoms. The van der Waals surface area contributed by atoms with Crippen LogP contribution in [-0.4, -0.2) is 50.9 Å². The van der Waals surface area contributed by atoms with Crippen LogP contribution in [0.1, 0.15) is 40.7 Å². The highest BCUT2D eigenvalue weighted by atomic mass is 16.3. The highest BCUT2D eigenvalue weighted by Gasteiger charge is 2.27. The van der Waals surface area contributed by atoms with Crippen molar-refractivity contribution < 1.29 is 14.0 Å². The van der Waals surface area contributed by atoms with Gasteiger partial charge in [-0.25, -0.2) is 0 Å². The van der Waals surface area contributed by atoms with E-state index in [1.165, 1.54) is 6.26 Å². The highest BCUT2D eigenvalue weighted by Crippen LogP contribution is 2.27. The SMILES string of the molecule is Cc1occc1C(=O)NCC(=O)N1CCC(c2nnc3ccccn23)CC1. The number of fused-ring (bicyclic) bond motifs is 1. The van der Waals surface area contributed by atoms with Crippen molar-refractivity contribution in [2.75, 3.05) is 19.6 Å². The van der Waals surface area contributed by atoms with E-state index in [1.54, 1.807) is 17.9 Å². The van der Waals surface area contributed by atoms with Crippen molar-refractivity contribution in [3.05, 3.63) is 53.9 Å². The van der Waals surface area contributed by atoms with E-state index in [4.69, 9.17) is 4.42 Å². The van der Waals surface area contributed by atoms with E-state index < -0.39 is 0 Å². The van der Waals surface area contributed by atoms with E-state index in [0.717, 1.165) is 24.3 Å². The zero-order valence-corrected chi connectivity index (χ0v) is 15.1. The van der Waals surface area contributed by atoms with E-state index in [0.29, 0.717) is 24.4 Å². The highest BCUT2D eigenvalue weighted by molar-refractivity contribution is 5.97. The van der Waals surface area contributed by atoms with Crippen LogP contribution in [-0.2, 0) is 4.79 Å². The third-order valence-electron chi connectivity index (χ3n) is 5.06. The molecule has 1 N–H and O–H groups in total. The lowest BCUT2D eigenvalue weighted by atomic mass is 9.96. The number of nitrogens with zero attached hydrogens (tertiary/aromatic N) is 4. The van der Waals surface area contributed by atoms with Crippen LogP contribution in [0.5, 0.6) is 0 Å². The summed E-state index contributed by atoms with van der Waals surface area (Å²) < 4.78 is 7.13. The molecular formula is C19H21N5O3. The summed E-state index contributed by atoms with van der Waals surface area (Å²) in [5, 5.41) is 11.2. The third-order valence-corrected chi connectivity index (χ3v) is 5.06. The van der Waals surface area contributed by atoms with Crippen molar-refractivity contribution in [2.24, 2.45) is 0 Å². The Balaban J connectivity index is 1.32. The number of hydrogen-bond acceptors (Lipinski definition) is 5. The number of piperidine rings is 1. The van der Waals surface area contributed by atoms with E-state index in [1.807, 2.05) is 28.8 Å². The Hall–Kier alpha value is -3.16. The zero-order valence-electron chi connectivity index (χ0n) is 15.1. The number of nitrogens with one attached hydrogen (secondary N) is 1. The Morgan fingerprint density at radius 2 is 2.04 bits per heavy atom. The molecule has 1 aliphatic rings. The van der Waals surface area contributed by atoms with Crippen LogP contribution in [0.2, 0.25) is 0 Å². The maximum atomic E-state index is 12.4. The molecule has 0 unspecified atom stereocenters. The van der Waals surface area contributed by atoms with E-state index >= 15 is 0 Å². The molecule has 0 bridgehead atoms. The number of aryl methyl sites for hydroxylation is 1. The minimum atomic E-state index is -0.292. The van der Waals surface area contributed by atoms with Gasteiger partial charge >= 0.3 is 0 Å². The molecule has 2 amide bonds. The minimum absolute atomic E-state index is 0.0119. The lowest BCUT2D eigenvalue weighted by molar-refractivity contribution is -0.131. The van der Waals surface area contributed by atoms with Gasteiger partial charge in [-0.05, 0) is 38.0 Å². The van der Waals surface area contributed by atoms with E-state index in [-0.39, 0.29) is 24.3 Å².